The van der Waals surface area contributed by atoms with Gasteiger partial charge in [0.25, 0.3) is 15.9 Å². The van der Waals surface area contributed by atoms with Crippen LogP contribution in [0.3, 0.4) is 0 Å². The first-order valence-electron chi connectivity index (χ1n) is 7.41. The first-order valence-corrected chi connectivity index (χ1v) is 10.5. The molecular formula is C16H19BrN2O5S2. The van der Waals surface area contributed by atoms with Crippen LogP contribution in [0.15, 0.2) is 32.9 Å². The molecule has 26 heavy (non-hydrogen) atoms. The molecule has 1 amide bonds. The molecule has 0 radical (unpaired) electrons. The molecule has 0 saturated carbocycles. The summed E-state index contributed by atoms with van der Waals surface area (Å²) in [5, 5.41) is 2.77. The summed E-state index contributed by atoms with van der Waals surface area (Å²) in [7, 11) is 2.48. The predicted molar refractivity (Wildman–Crippen MR) is 104 cm³/mol. The van der Waals surface area contributed by atoms with Gasteiger partial charge < -0.3 is 14.8 Å². The molecule has 1 N–H and O–H groups in total. The molecular weight excluding hydrogens is 444 g/mol. The molecule has 0 spiro atoms. The van der Waals surface area contributed by atoms with Gasteiger partial charge in [0, 0.05) is 24.5 Å². The van der Waals surface area contributed by atoms with Crippen molar-refractivity contribution in [2.75, 3.05) is 28.3 Å². The fourth-order valence-electron chi connectivity index (χ4n) is 2.04. The number of carbonyl (C=O) groups is 1. The normalized spacial score (nSPS) is 11.5. The van der Waals surface area contributed by atoms with Gasteiger partial charge in [-0.3, -0.25) is 4.79 Å². The standard InChI is InChI=1S/C16H19BrN2O5S2/c1-19(2)26(21,22)14-6-5-11(25-14)9-18-16(20)10-7-12(23-3)15(17)13(8-10)24-4/h5-8H,9H2,1-4H3,(H,18,20). The maximum Gasteiger partial charge on any atom is 0.252 e. The van der Waals surface area contributed by atoms with Crippen molar-refractivity contribution in [3.8, 4) is 11.5 Å². The predicted octanol–water partition coefficient (Wildman–Crippen LogP) is 2.71. The summed E-state index contributed by atoms with van der Waals surface area (Å²) in [4.78, 5) is 13.1. The molecule has 1 aromatic carbocycles. The second-order valence-corrected chi connectivity index (χ2v) is 9.73. The van der Waals surface area contributed by atoms with E-state index in [-0.39, 0.29) is 16.7 Å². The molecule has 1 heterocycles. The maximum atomic E-state index is 12.4. The number of hydrogen-bond acceptors (Lipinski definition) is 6. The smallest absolute Gasteiger partial charge is 0.252 e. The minimum Gasteiger partial charge on any atom is -0.495 e. The number of rotatable bonds is 7. The average Bonchev–Trinajstić information content (AvgIpc) is 3.09. The van der Waals surface area contributed by atoms with E-state index in [1.54, 1.807) is 18.2 Å². The van der Waals surface area contributed by atoms with Gasteiger partial charge in [-0.25, -0.2) is 12.7 Å². The summed E-state index contributed by atoms with van der Waals surface area (Å²) >= 11 is 4.47. The molecule has 0 bridgehead atoms. The van der Waals surface area contributed by atoms with Crippen LogP contribution < -0.4 is 14.8 Å². The van der Waals surface area contributed by atoms with Gasteiger partial charge in [-0.05, 0) is 40.2 Å². The molecule has 0 aliphatic heterocycles. The van der Waals surface area contributed by atoms with Crippen LogP contribution in [0.1, 0.15) is 15.2 Å². The number of benzene rings is 1. The van der Waals surface area contributed by atoms with Gasteiger partial charge in [-0.15, -0.1) is 11.3 Å². The van der Waals surface area contributed by atoms with E-state index in [9.17, 15) is 13.2 Å². The van der Waals surface area contributed by atoms with E-state index in [1.807, 2.05) is 0 Å². The quantitative estimate of drug-likeness (QED) is 0.683. The third-order valence-electron chi connectivity index (χ3n) is 3.50. The lowest BCUT2D eigenvalue weighted by atomic mass is 10.2. The molecule has 2 rings (SSSR count). The summed E-state index contributed by atoms with van der Waals surface area (Å²) < 4.78 is 36.7. The Morgan fingerprint density at radius 3 is 2.27 bits per heavy atom. The lowest BCUT2D eigenvalue weighted by Crippen LogP contribution is -2.22. The Bertz CT molecular complexity index is 884. The molecule has 0 aliphatic rings. The Labute approximate surface area is 165 Å². The van der Waals surface area contributed by atoms with E-state index in [0.29, 0.717) is 21.5 Å². The summed E-state index contributed by atoms with van der Waals surface area (Å²) in [6, 6.07) is 6.41. The fraction of sp³-hybridized carbons (Fsp3) is 0.312. The highest BCUT2D eigenvalue weighted by Crippen LogP contribution is 2.35. The van der Waals surface area contributed by atoms with Crippen LogP contribution in [0.5, 0.6) is 11.5 Å². The Hall–Kier alpha value is -1.62. The van der Waals surface area contributed by atoms with E-state index in [2.05, 4.69) is 21.2 Å². The zero-order valence-corrected chi connectivity index (χ0v) is 17.9. The lowest BCUT2D eigenvalue weighted by molar-refractivity contribution is 0.0950. The van der Waals surface area contributed by atoms with Crippen molar-refractivity contribution in [2.45, 2.75) is 10.8 Å². The number of ether oxygens (including phenoxy) is 2. The number of thiophene rings is 1. The molecule has 142 valence electrons. The third kappa shape index (κ3) is 4.37. The Morgan fingerprint density at radius 2 is 1.77 bits per heavy atom. The Kier molecular flexibility index (Phi) is 6.67. The van der Waals surface area contributed by atoms with Gasteiger partial charge >= 0.3 is 0 Å². The van der Waals surface area contributed by atoms with E-state index < -0.39 is 10.0 Å². The Morgan fingerprint density at radius 1 is 1.19 bits per heavy atom. The number of sulfonamides is 1. The van der Waals surface area contributed by atoms with E-state index in [1.165, 1.54) is 34.4 Å². The largest absolute Gasteiger partial charge is 0.495 e. The number of hydrogen-bond donors (Lipinski definition) is 1. The highest BCUT2D eigenvalue weighted by Gasteiger charge is 2.20. The zero-order valence-electron chi connectivity index (χ0n) is 14.7. The number of halogens is 1. The van der Waals surface area contributed by atoms with Crippen LogP contribution in [0.25, 0.3) is 0 Å². The van der Waals surface area contributed by atoms with Crippen LogP contribution in [-0.4, -0.2) is 46.9 Å². The molecule has 0 unspecified atom stereocenters. The van der Waals surface area contributed by atoms with Gasteiger partial charge in [-0.2, -0.15) is 0 Å². The topological polar surface area (TPSA) is 84.9 Å². The number of amides is 1. The third-order valence-corrected chi connectivity index (χ3v) is 7.65. The average molecular weight is 463 g/mol. The summed E-state index contributed by atoms with van der Waals surface area (Å²) in [5.74, 6) is 0.634. The summed E-state index contributed by atoms with van der Waals surface area (Å²) in [6.07, 6.45) is 0. The second kappa shape index (κ2) is 8.38. The molecule has 0 saturated heterocycles. The molecule has 10 heteroatoms. The Balaban J connectivity index is 2.14. The minimum atomic E-state index is -3.47. The van der Waals surface area contributed by atoms with Crippen molar-refractivity contribution >= 4 is 43.2 Å². The van der Waals surface area contributed by atoms with E-state index in [0.717, 1.165) is 20.5 Å². The molecule has 2 aromatic rings. The molecule has 7 nitrogen and oxygen atoms in total. The van der Waals surface area contributed by atoms with Crippen LogP contribution in [0.2, 0.25) is 0 Å². The zero-order chi connectivity index (χ0) is 19.5. The highest BCUT2D eigenvalue weighted by atomic mass is 79.9. The van der Waals surface area contributed by atoms with Crippen molar-refractivity contribution < 1.29 is 22.7 Å². The van der Waals surface area contributed by atoms with Gasteiger partial charge in [0.1, 0.15) is 20.2 Å². The number of nitrogens with zero attached hydrogens (tertiary/aromatic N) is 1. The van der Waals surface area contributed by atoms with Crippen molar-refractivity contribution in [1.82, 2.24) is 9.62 Å². The molecule has 0 atom stereocenters. The molecule has 0 fully saturated rings. The van der Waals surface area contributed by atoms with Gasteiger partial charge in [0.05, 0.1) is 20.8 Å². The SMILES string of the molecule is COc1cc(C(=O)NCc2ccc(S(=O)(=O)N(C)C)s2)cc(OC)c1Br. The first-order chi connectivity index (χ1) is 12.2. The molecule has 1 aromatic heterocycles. The minimum absolute atomic E-state index is 0.215. The van der Waals surface area contributed by atoms with Gasteiger partial charge in [0.15, 0.2) is 0 Å². The number of methoxy groups -OCH3 is 2. The van der Waals surface area contributed by atoms with E-state index >= 15 is 0 Å². The molecule has 0 aliphatic carbocycles. The highest BCUT2D eigenvalue weighted by molar-refractivity contribution is 9.10. The van der Waals surface area contributed by atoms with Crippen molar-refractivity contribution in [2.24, 2.45) is 0 Å². The monoisotopic (exact) mass is 462 g/mol. The van der Waals surface area contributed by atoms with Gasteiger partial charge in [-0.1, -0.05) is 0 Å². The number of carbonyl (C=O) groups excluding carboxylic acids is 1. The van der Waals surface area contributed by atoms with Crippen molar-refractivity contribution in [3.63, 3.8) is 0 Å². The van der Waals surface area contributed by atoms with Crippen LogP contribution in [-0.2, 0) is 16.6 Å². The lowest BCUT2D eigenvalue weighted by Gasteiger charge is -2.11. The van der Waals surface area contributed by atoms with Crippen LogP contribution >= 0.6 is 27.3 Å². The van der Waals surface area contributed by atoms with Gasteiger partial charge in [0.2, 0.25) is 0 Å². The van der Waals surface area contributed by atoms with Crippen molar-refractivity contribution in [1.29, 1.82) is 0 Å². The van der Waals surface area contributed by atoms with E-state index in [4.69, 9.17) is 9.47 Å². The first kappa shape index (κ1) is 20.7. The van der Waals surface area contributed by atoms with Crippen molar-refractivity contribution in [3.05, 3.63) is 39.2 Å². The maximum absolute atomic E-state index is 12.4. The number of nitrogens with one attached hydrogen (secondary N) is 1. The summed E-state index contributed by atoms with van der Waals surface area (Å²) in [5.41, 5.74) is 0.375. The summed E-state index contributed by atoms with van der Waals surface area (Å²) in [6.45, 7) is 0.215. The fourth-order valence-corrected chi connectivity index (χ4v) is 5.06. The van der Waals surface area contributed by atoms with Crippen LogP contribution in [0.4, 0.5) is 0 Å². The van der Waals surface area contributed by atoms with Crippen LogP contribution in [0, 0.1) is 0 Å². The second-order valence-electron chi connectivity index (χ2n) is 5.39.